The summed E-state index contributed by atoms with van der Waals surface area (Å²) in [6.45, 7) is 6.98. The Morgan fingerprint density at radius 2 is 1.89 bits per heavy atom. The summed E-state index contributed by atoms with van der Waals surface area (Å²) >= 11 is 0. The fourth-order valence-electron chi connectivity index (χ4n) is 2.19. The average molecular weight is 244 g/mol. The van der Waals surface area contributed by atoms with Crippen LogP contribution in [0.4, 0.5) is 0 Å². The van der Waals surface area contributed by atoms with Crippen LogP contribution in [0.25, 0.3) is 11.3 Å². The Kier molecular flexibility index (Phi) is 3.70. The van der Waals surface area contributed by atoms with Crippen molar-refractivity contribution in [1.29, 1.82) is 0 Å². The zero-order valence-corrected chi connectivity index (χ0v) is 11.2. The number of hydrogen-bond acceptors (Lipinski definition) is 1. The number of aromatic amines is 1. The Balaban J connectivity index is 2.51. The molecule has 0 aliphatic carbocycles. The van der Waals surface area contributed by atoms with Crippen LogP contribution in [-0.4, -0.2) is 9.78 Å². The first-order valence-corrected chi connectivity index (χ1v) is 6.50. The number of hydrogen-bond donors (Lipinski definition) is 1. The van der Waals surface area contributed by atoms with E-state index in [1.165, 1.54) is 0 Å². The molecule has 0 bridgehead atoms. The highest BCUT2D eigenvalue weighted by atomic mass is 16.1. The van der Waals surface area contributed by atoms with E-state index in [2.05, 4.69) is 18.9 Å². The molecule has 3 heteroatoms. The van der Waals surface area contributed by atoms with E-state index in [1.54, 1.807) is 4.68 Å². The highest BCUT2D eigenvalue weighted by Gasteiger charge is 2.14. The van der Waals surface area contributed by atoms with Crippen LogP contribution in [0.15, 0.2) is 35.1 Å². The molecule has 0 aliphatic heterocycles. The highest BCUT2D eigenvalue weighted by Crippen LogP contribution is 2.19. The number of aromatic nitrogens is 2. The van der Waals surface area contributed by atoms with Gasteiger partial charge in [-0.25, -0.2) is 0 Å². The van der Waals surface area contributed by atoms with Crippen molar-refractivity contribution in [3.05, 3.63) is 46.2 Å². The van der Waals surface area contributed by atoms with Gasteiger partial charge in [-0.3, -0.25) is 14.6 Å². The Morgan fingerprint density at radius 3 is 2.44 bits per heavy atom. The molecule has 1 aromatic carbocycles. The van der Waals surface area contributed by atoms with Gasteiger partial charge in [-0.1, -0.05) is 51.1 Å². The first-order chi connectivity index (χ1) is 8.63. The molecule has 1 heterocycles. The minimum atomic E-state index is 0.116. The molecule has 0 unspecified atom stereocenters. The molecule has 2 rings (SSSR count). The van der Waals surface area contributed by atoms with E-state index in [-0.39, 0.29) is 5.56 Å². The summed E-state index contributed by atoms with van der Waals surface area (Å²) in [6.07, 6.45) is 0.755. The van der Waals surface area contributed by atoms with E-state index >= 15 is 0 Å². The van der Waals surface area contributed by atoms with Crippen LogP contribution in [-0.2, 0) is 13.0 Å². The standard InChI is InChI=1S/C15H20N2O/c1-4-13-14(12-8-6-5-7-9-12)16-17(15(13)18)10-11(2)3/h5-9,11,16H,4,10H2,1-3H3. The summed E-state index contributed by atoms with van der Waals surface area (Å²) < 4.78 is 1.73. The SMILES string of the molecule is CCc1c(-c2ccccc2)[nH]n(CC(C)C)c1=O. The van der Waals surface area contributed by atoms with Crippen LogP contribution < -0.4 is 5.56 Å². The van der Waals surface area contributed by atoms with E-state index in [1.807, 2.05) is 37.3 Å². The van der Waals surface area contributed by atoms with Crippen molar-refractivity contribution in [3.63, 3.8) is 0 Å². The zero-order chi connectivity index (χ0) is 13.1. The maximum Gasteiger partial charge on any atom is 0.270 e. The average Bonchev–Trinajstić information content (AvgIpc) is 2.67. The van der Waals surface area contributed by atoms with Crippen molar-refractivity contribution in [2.45, 2.75) is 33.7 Å². The Bertz CT molecular complexity index is 564. The predicted molar refractivity (Wildman–Crippen MR) is 74.7 cm³/mol. The molecular formula is C15H20N2O. The van der Waals surface area contributed by atoms with Crippen LogP contribution in [0.1, 0.15) is 26.3 Å². The predicted octanol–water partition coefficient (Wildman–Crippen LogP) is 3.06. The van der Waals surface area contributed by atoms with Crippen LogP contribution in [0, 0.1) is 5.92 Å². The maximum absolute atomic E-state index is 12.3. The molecular weight excluding hydrogens is 224 g/mol. The van der Waals surface area contributed by atoms with Gasteiger partial charge in [-0.2, -0.15) is 0 Å². The number of nitrogens with one attached hydrogen (secondary N) is 1. The Hall–Kier alpha value is -1.77. The molecule has 0 radical (unpaired) electrons. The number of H-pyrrole nitrogens is 1. The van der Waals surface area contributed by atoms with E-state index < -0.39 is 0 Å². The quantitative estimate of drug-likeness (QED) is 0.882. The fraction of sp³-hybridized carbons (Fsp3) is 0.400. The molecule has 0 saturated carbocycles. The second kappa shape index (κ2) is 5.25. The second-order valence-electron chi connectivity index (χ2n) is 4.99. The van der Waals surface area contributed by atoms with Crippen molar-refractivity contribution in [2.24, 2.45) is 5.92 Å². The normalized spacial score (nSPS) is 11.1. The number of rotatable bonds is 4. The van der Waals surface area contributed by atoms with Gasteiger partial charge < -0.3 is 0 Å². The Labute approximate surface area is 107 Å². The molecule has 1 aromatic heterocycles. The summed E-state index contributed by atoms with van der Waals surface area (Å²) in [5.74, 6) is 0.453. The molecule has 96 valence electrons. The van der Waals surface area contributed by atoms with E-state index in [4.69, 9.17) is 0 Å². The van der Waals surface area contributed by atoms with E-state index in [9.17, 15) is 4.79 Å². The molecule has 2 aromatic rings. The number of benzene rings is 1. The molecule has 0 amide bonds. The van der Waals surface area contributed by atoms with E-state index in [0.29, 0.717) is 5.92 Å². The fourth-order valence-corrected chi connectivity index (χ4v) is 2.19. The van der Waals surface area contributed by atoms with Gasteiger partial charge in [-0.15, -0.1) is 0 Å². The third-order valence-corrected chi connectivity index (χ3v) is 3.02. The molecule has 0 atom stereocenters. The molecule has 0 saturated heterocycles. The molecule has 1 N–H and O–H groups in total. The van der Waals surface area contributed by atoms with Gasteiger partial charge in [0.2, 0.25) is 0 Å². The van der Waals surface area contributed by atoms with Gasteiger partial charge in [0.15, 0.2) is 0 Å². The lowest BCUT2D eigenvalue weighted by atomic mass is 10.1. The topological polar surface area (TPSA) is 37.8 Å². The van der Waals surface area contributed by atoms with Crippen molar-refractivity contribution in [2.75, 3.05) is 0 Å². The summed E-state index contributed by atoms with van der Waals surface area (Å²) in [4.78, 5) is 12.3. The first-order valence-electron chi connectivity index (χ1n) is 6.50. The monoisotopic (exact) mass is 244 g/mol. The van der Waals surface area contributed by atoms with Crippen LogP contribution in [0.2, 0.25) is 0 Å². The van der Waals surface area contributed by atoms with E-state index in [0.717, 1.165) is 29.8 Å². The molecule has 18 heavy (non-hydrogen) atoms. The third kappa shape index (κ3) is 2.40. The molecule has 0 fully saturated rings. The zero-order valence-electron chi connectivity index (χ0n) is 11.2. The van der Waals surface area contributed by atoms with Crippen LogP contribution >= 0.6 is 0 Å². The first kappa shape index (κ1) is 12.7. The van der Waals surface area contributed by atoms with Crippen molar-refractivity contribution in [3.8, 4) is 11.3 Å². The van der Waals surface area contributed by atoms with Gasteiger partial charge >= 0.3 is 0 Å². The van der Waals surface area contributed by atoms with Crippen molar-refractivity contribution < 1.29 is 0 Å². The molecule has 0 aliphatic rings. The van der Waals surface area contributed by atoms with Crippen LogP contribution in [0.5, 0.6) is 0 Å². The third-order valence-electron chi connectivity index (χ3n) is 3.02. The minimum absolute atomic E-state index is 0.116. The lowest BCUT2D eigenvalue weighted by molar-refractivity contribution is 0.473. The molecule has 3 nitrogen and oxygen atoms in total. The summed E-state index contributed by atoms with van der Waals surface area (Å²) in [5.41, 5.74) is 3.03. The molecule has 0 spiro atoms. The summed E-state index contributed by atoms with van der Waals surface area (Å²) in [6, 6.07) is 10.0. The van der Waals surface area contributed by atoms with Crippen LogP contribution in [0.3, 0.4) is 0 Å². The Morgan fingerprint density at radius 1 is 1.22 bits per heavy atom. The van der Waals surface area contributed by atoms with Gasteiger partial charge in [0.05, 0.1) is 5.69 Å². The lowest BCUT2D eigenvalue weighted by Crippen LogP contribution is -2.21. The van der Waals surface area contributed by atoms with Gasteiger partial charge in [0, 0.05) is 12.1 Å². The maximum atomic E-state index is 12.3. The summed E-state index contributed by atoms with van der Waals surface area (Å²) in [5, 5.41) is 3.25. The number of nitrogens with zero attached hydrogens (tertiary/aromatic N) is 1. The minimum Gasteiger partial charge on any atom is -0.295 e. The van der Waals surface area contributed by atoms with Gasteiger partial charge in [0.25, 0.3) is 5.56 Å². The summed E-state index contributed by atoms with van der Waals surface area (Å²) in [7, 11) is 0. The second-order valence-corrected chi connectivity index (χ2v) is 4.99. The van der Waals surface area contributed by atoms with Crippen molar-refractivity contribution in [1.82, 2.24) is 9.78 Å². The lowest BCUT2D eigenvalue weighted by Gasteiger charge is -2.04. The van der Waals surface area contributed by atoms with Gasteiger partial charge in [0.1, 0.15) is 0 Å². The largest absolute Gasteiger partial charge is 0.295 e. The van der Waals surface area contributed by atoms with Crippen molar-refractivity contribution >= 4 is 0 Å². The smallest absolute Gasteiger partial charge is 0.270 e. The highest BCUT2D eigenvalue weighted by molar-refractivity contribution is 5.62. The van der Waals surface area contributed by atoms with Gasteiger partial charge in [-0.05, 0) is 17.9 Å².